The molecule has 2 aromatic rings. The van der Waals surface area contributed by atoms with Crippen molar-refractivity contribution in [1.82, 2.24) is 19.7 Å². The van der Waals surface area contributed by atoms with Crippen molar-refractivity contribution in [3.05, 3.63) is 46.9 Å². The van der Waals surface area contributed by atoms with Gasteiger partial charge < -0.3 is 4.74 Å². The van der Waals surface area contributed by atoms with Crippen molar-refractivity contribution >= 4 is 0 Å². The monoisotopic (exact) mass is 286 g/mol. The lowest BCUT2D eigenvalue weighted by atomic mass is 10.2. The minimum absolute atomic E-state index is 0.0806. The minimum Gasteiger partial charge on any atom is -0.379 e. The SMILES string of the molecule is O=c1ccc(-c2ccccn2)nn1CCN1CCOCC1. The first-order valence-corrected chi connectivity index (χ1v) is 7.12. The predicted molar refractivity (Wildman–Crippen MR) is 79.0 cm³/mol. The fourth-order valence-corrected chi connectivity index (χ4v) is 2.32. The van der Waals surface area contributed by atoms with Gasteiger partial charge in [0, 0.05) is 31.9 Å². The Morgan fingerprint density at radius 2 is 1.90 bits per heavy atom. The van der Waals surface area contributed by atoms with E-state index in [4.69, 9.17) is 4.74 Å². The minimum atomic E-state index is -0.0806. The van der Waals surface area contributed by atoms with E-state index in [1.807, 2.05) is 18.2 Å². The smallest absolute Gasteiger partial charge is 0.266 e. The lowest BCUT2D eigenvalue weighted by Crippen LogP contribution is -2.39. The Kier molecular flexibility index (Phi) is 4.37. The van der Waals surface area contributed by atoms with Crippen LogP contribution in [0.25, 0.3) is 11.4 Å². The number of nitrogens with zero attached hydrogens (tertiary/aromatic N) is 4. The molecule has 3 rings (SSSR count). The molecule has 0 spiro atoms. The molecule has 1 fully saturated rings. The van der Waals surface area contributed by atoms with Crippen molar-refractivity contribution in [3.63, 3.8) is 0 Å². The van der Waals surface area contributed by atoms with Gasteiger partial charge in [-0.1, -0.05) is 6.07 Å². The molecule has 110 valence electrons. The zero-order valence-electron chi connectivity index (χ0n) is 11.8. The second-order valence-electron chi connectivity index (χ2n) is 4.95. The van der Waals surface area contributed by atoms with E-state index in [0.29, 0.717) is 6.54 Å². The van der Waals surface area contributed by atoms with Crippen LogP contribution in [-0.2, 0) is 11.3 Å². The van der Waals surface area contributed by atoms with Crippen LogP contribution in [0.5, 0.6) is 0 Å². The molecular weight excluding hydrogens is 268 g/mol. The summed E-state index contributed by atoms with van der Waals surface area (Å²) in [4.78, 5) is 18.5. The predicted octanol–water partition coefficient (Wildman–Crippen LogP) is 0.637. The Morgan fingerprint density at radius 1 is 1.05 bits per heavy atom. The van der Waals surface area contributed by atoms with E-state index in [0.717, 1.165) is 44.2 Å². The second kappa shape index (κ2) is 6.60. The topological polar surface area (TPSA) is 60.2 Å². The first-order valence-electron chi connectivity index (χ1n) is 7.12. The van der Waals surface area contributed by atoms with Crippen molar-refractivity contribution < 1.29 is 4.74 Å². The highest BCUT2D eigenvalue weighted by atomic mass is 16.5. The quantitative estimate of drug-likeness (QED) is 0.825. The van der Waals surface area contributed by atoms with Gasteiger partial charge in [-0.05, 0) is 18.2 Å². The molecule has 1 aliphatic rings. The molecule has 0 radical (unpaired) electrons. The highest BCUT2D eigenvalue weighted by Gasteiger charge is 2.11. The number of rotatable bonds is 4. The number of pyridine rings is 1. The highest BCUT2D eigenvalue weighted by Crippen LogP contribution is 2.10. The van der Waals surface area contributed by atoms with Crippen molar-refractivity contribution in [2.45, 2.75) is 6.54 Å². The van der Waals surface area contributed by atoms with Gasteiger partial charge in [0.05, 0.1) is 25.5 Å². The Balaban J connectivity index is 1.74. The van der Waals surface area contributed by atoms with Gasteiger partial charge >= 0.3 is 0 Å². The summed E-state index contributed by atoms with van der Waals surface area (Å²) in [6, 6.07) is 8.93. The number of morpholine rings is 1. The summed E-state index contributed by atoms with van der Waals surface area (Å²) >= 11 is 0. The van der Waals surface area contributed by atoms with Crippen LogP contribution in [0.2, 0.25) is 0 Å². The normalized spacial score (nSPS) is 16.0. The Morgan fingerprint density at radius 3 is 2.67 bits per heavy atom. The fourth-order valence-electron chi connectivity index (χ4n) is 2.32. The van der Waals surface area contributed by atoms with Crippen molar-refractivity contribution in [2.24, 2.45) is 0 Å². The third kappa shape index (κ3) is 3.53. The van der Waals surface area contributed by atoms with Crippen LogP contribution >= 0.6 is 0 Å². The third-order valence-corrected chi connectivity index (χ3v) is 3.53. The number of hydrogen-bond acceptors (Lipinski definition) is 5. The van der Waals surface area contributed by atoms with E-state index in [-0.39, 0.29) is 5.56 Å². The van der Waals surface area contributed by atoms with Gasteiger partial charge in [0.2, 0.25) is 0 Å². The van der Waals surface area contributed by atoms with Crippen LogP contribution < -0.4 is 5.56 Å². The van der Waals surface area contributed by atoms with Gasteiger partial charge in [-0.15, -0.1) is 0 Å². The summed E-state index contributed by atoms with van der Waals surface area (Å²) in [5.74, 6) is 0. The maximum atomic E-state index is 11.9. The molecule has 0 amide bonds. The Bertz CT molecular complexity index is 636. The fraction of sp³-hybridized carbons (Fsp3) is 0.400. The average molecular weight is 286 g/mol. The van der Waals surface area contributed by atoms with E-state index >= 15 is 0 Å². The molecule has 6 nitrogen and oxygen atoms in total. The van der Waals surface area contributed by atoms with Gasteiger partial charge in [-0.2, -0.15) is 5.10 Å². The van der Waals surface area contributed by atoms with Crippen LogP contribution in [0.1, 0.15) is 0 Å². The van der Waals surface area contributed by atoms with Crippen molar-refractivity contribution in [1.29, 1.82) is 0 Å². The maximum Gasteiger partial charge on any atom is 0.266 e. The zero-order chi connectivity index (χ0) is 14.5. The molecule has 21 heavy (non-hydrogen) atoms. The van der Waals surface area contributed by atoms with E-state index in [1.54, 1.807) is 18.3 Å². The molecule has 2 aromatic heterocycles. The van der Waals surface area contributed by atoms with E-state index < -0.39 is 0 Å². The van der Waals surface area contributed by atoms with Crippen molar-refractivity contribution in [2.75, 3.05) is 32.8 Å². The summed E-state index contributed by atoms with van der Waals surface area (Å²) in [6.07, 6.45) is 1.72. The van der Waals surface area contributed by atoms with Gasteiger partial charge in [0.15, 0.2) is 0 Å². The van der Waals surface area contributed by atoms with Gasteiger partial charge in [-0.25, -0.2) is 4.68 Å². The summed E-state index contributed by atoms with van der Waals surface area (Å²) in [5.41, 5.74) is 1.41. The maximum absolute atomic E-state index is 11.9. The number of hydrogen-bond donors (Lipinski definition) is 0. The molecule has 0 saturated carbocycles. The van der Waals surface area contributed by atoms with Crippen LogP contribution in [0, 0.1) is 0 Å². The first-order chi connectivity index (χ1) is 10.3. The van der Waals surface area contributed by atoms with E-state index in [2.05, 4.69) is 15.0 Å². The first kappa shape index (κ1) is 13.9. The van der Waals surface area contributed by atoms with Gasteiger partial charge in [0.25, 0.3) is 5.56 Å². The molecule has 0 N–H and O–H groups in total. The lowest BCUT2D eigenvalue weighted by molar-refractivity contribution is 0.0358. The number of aromatic nitrogens is 3. The Labute approximate surface area is 123 Å². The lowest BCUT2D eigenvalue weighted by Gasteiger charge is -2.26. The van der Waals surface area contributed by atoms with E-state index in [1.165, 1.54) is 4.68 Å². The molecule has 0 aliphatic carbocycles. The standard InChI is InChI=1S/C15H18N4O2/c20-15-5-4-14(13-3-1-2-6-16-13)17-19(15)8-7-18-9-11-21-12-10-18/h1-6H,7-12H2. The molecule has 3 heterocycles. The van der Waals surface area contributed by atoms with Gasteiger partial charge in [0.1, 0.15) is 5.69 Å². The van der Waals surface area contributed by atoms with Crippen LogP contribution in [0.3, 0.4) is 0 Å². The molecule has 0 aromatic carbocycles. The summed E-state index contributed by atoms with van der Waals surface area (Å²) < 4.78 is 6.83. The molecule has 0 bridgehead atoms. The zero-order valence-corrected chi connectivity index (χ0v) is 11.8. The summed E-state index contributed by atoms with van der Waals surface area (Å²) in [5, 5.41) is 4.41. The third-order valence-electron chi connectivity index (χ3n) is 3.53. The molecule has 6 heteroatoms. The average Bonchev–Trinajstić information content (AvgIpc) is 2.56. The van der Waals surface area contributed by atoms with Crippen LogP contribution in [-0.4, -0.2) is 52.5 Å². The summed E-state index contributed by atoms with van der Waals surface area (Å²) in [7, 11) is 0. The van der Waals surface area contributed by atoms with Crippen LogP contribution in [0.15, 0.2) is 41.3 Å². The van der Waals surface area contributed by atoms with E-state index in [9.17, 15) is 4.79 Å². The van der Waals surface area contributed by atoms with Crippen molar-refractivity contribution in [3.8, 4) is 11.4 Å². The molecule has 1 saturated heterocycles. The van der Waals surface area contributed by atoms with Crippen LogP contribution in [0.4, 0.5) is 0 Å². The Hall–Kier alpha value is -2.05. The largest absolute Gasteiger partial charge is 0.379 e. The molecule has 0 atom stereocenters. The molecule has 1 aliphatic heterocycles. The number of ether oxygens (including phenoxy) is 1. The highest BCUT2D eigenvalue weighted by molar-refractivity contribution is 5.52. The molecule has 0 unspecified atom stereocenters. The van der Waals surface area contributed by atoms with Gasteiger partial charge in [-0.3, -0.25) is 14.7 Å². The second-order valence-corrected chi connectivity index (χ2v) is 4.95. The summed E-state index contributed by atoms with van der Waals surface area (Å²) in [6.45, 7) is 4.73. The molecular formula is C15H18N4O2.